The van der Waals surface area contributed by atoms with Crippen molar-refractivity contribution in [2.75, 3.05) is 44.2 Å². The Morgan fingerprint density at radius 3 is 2.24 bits per heavy atom. The predicted octanol–water partition coefficient (Wildman–Crippen LogP) is 8.48. The molecular weight excluding hydrogens is 857 g/mol. The number of nitrogens with one attached hydrogen (secondary N) is 2. The molecule has 0 spiro atoms. The molecule has 3 fully saturated rings. The zero-order valence-corrected chi connectivity index (χ0v) is 38.6. The Bertz CT molecular complexity index is 3060. The molecule has 3 N–H and O–H groups in total. The first kappa shape index (κ1) is 43.5. The van der Waals surface area contributed by atoms with Crippen molar-refractivity contribution >= 4 is 39.9 Å². The Morgan fingerprint density at radius 2 is 1.53 bits per heavy atom. The van der Waals surface area contributed by atoms with Crippen LogP contribution in [0.5, 0.6) is 0 Å². The third-order valence-electron chi connectivity index (χ3n) is 14.7. The number of ether oxygens (including phenoxy) is 2. The van der Waals surface area contributed by atoms with Gasteiger partial charge in [-0.2, -0.15) is 0 Å². The van der Waals surface area contributed by atoms with E-state index in [1.807, 2.05) is 85.9 Å². The molecular formula is C54H56N8O6. The van der Waals surface area contributed by atoms with Crippen LogP contribution in [-0.2, 0) is 22.1 Å². The number of anilines is 1. The Balaban J connectivity index is 0.974. The number of pyridine rings is 1. The molecule has 11 rings (SSSR count). The molecule has 348 valence electrons. The lowest BCUT2D eigenvalue weighted by Gasteiger charge is -2.48. The number of benzene rings is 4. The van der Waals surface area contributed by atoms with Gasteiger partial charge in [-0.1, -0.05) is 84.9 Å². The molecule has 2 aliphatic carbocycles. The molecule has 14 nitrogen and oxygen atoms in total. The van der Waals surface area contributed by atoms with Gasteiger partial charge >= 0.3 is 12.2 Å². The number of hydrogen-bond donors (Lipinski definition) is 3. The molecule has 3 aromatic heterocycles. The van der Waals surface area contributed by atoms with E-state index in [1.165, 1.54) is 0 Å². The molecule has 1 saturated carbocycles. The number of rotatable bonds is 11. The van der Waals surface area contributed by atoms with Gasteiger partial charge in [0.25, 0.3) is 5.56 Å². The maximum absolute atomic E-state index is 14.2. The highest BCUT2D eigenvalue weighted by Gasteiger charge is 2.45. The number of fused-ring (bicyclic) bond motifs is 5. The minimum atomic E-state index is -1.27. The van der Waals surface area contributed by atoms with Crippen molar-refractivity contribution < 1.29 is 24.2 Å². The van der Waals surface area contributed by atoms with E-state index >= 15 is 0 Å². The number of carbonyl (C=O) groups excluding carboxylic acids is 1. The number of hydrogen-bond acceptors (Lipinski definition) is 9. The summed E-state index contributed by atoms with van der Waals surface area (Å²) >= 11 is 0. The second-order valence-corrected chi connectivity index (χ2v) is 19.1. The van der Waals surface area contributed by atoms with E-state index in [-0.39, 0.29) is 48.9 Å². The average Bonchev–Trinajstić information content (AvgIpc) is 3.93. The van der Waals surface area contributed by atoms with Gasteiger partial charge in [0.2, 0.25) is 5.95 Å². The molecule has 0 bridgehead atoms. The summed E-state index contributed by atoms with van der Waals surface area (Å²) in [6, 6.07) is 35.0. The van der Waals surface area contributed by atoms with Crippen LogP contribution in [0.25, 0.3) is 44.1 Å². The van der Waals surface area contributed by atoms with Crippen LogP contribution in [-0.4, -0.2) is 110 Å². The number of piperazine rings is 1. The lowest BCUT2D eigenvalue weighted by atomic mass is 9.86. The van der Waals surface area contributed by atoms with Crippen molar-refractivity contribution in [1.82, 2.24) is 34.6 Å². The first-order chi connectivity index (χ1) is 33.1. The molecule has 5 heterocycles. The van der Waals surface area contributed by atoms with Crippen LogP contribution in [0.4, 0.5) is 15.5 Å². The van der Waals surface area contributed by atoms with Crippen molar-refractivity contribution in [1.29, 1.82) is 0 Å². The molecule has 14 heteroatoms. The molecule has 3 atom stereocenters. The fourth-order valence-electron chi connectivity index (χ4n) is 11.1. The van der Waals surface area contributed by atoms with E-state index in [2.05, 4.69) is 57.4 Å². The van der Waals surface area contributed by atoms with Crippen LogP contribution in [0, 0.1) is 0 Å². The third kappa shape index (κ3) is 7.84. The number of alkyl carbamates (subject to hydrolysis) is 1. The standard InChI is InChI=1S/C54H56N8O6/c1-33-29-62(53(65)66)34(2)28-61(33)37-22-25-60(26-23-37)51-57-47-20-17-35(45-30-59(3)50(63)48-43(45)21-24-55-48)27-44(47)49(58-51)54(68-38-18-19-38,36-11-5-4-6-12-36)32-56-52(64)67-31-46-41-15-9-7-13-39(41)40-14-8-10-16-42(40)46/h4-17,20-21,24,27,30,33-34,37-38,46,55H,18-19,22-23,25-26,28-29,31-32H2,1-3H3,(H,56,64)(H,65,66)/t33-,34+,54-/m0/s1. The monoisotopic (exact) mass is 912 g/mol. The molecule has 0 unspecified atom stereocenters. The van der Waals surface area contributed by atoms with Crippen LogP contribution in [0.3, 0.4) is 0 Å². The lowest BCUT2D eigenvalue weighted by Crippen LogP contribution is -2.61. The van der Waals surface area contributed by atoms with Crippen molar-refractivity contribution in [2.45, 2.75) is 75.3 Å². The average molecular weight is 913 g/mol. The van der Waals surface area contributed by atoms with Gasteiger partial charge in [-0.15, -0.1) is 0 Å². The number of aromatic nitrogens is 4. The number of amides is 2. The van der Waals surface area contributed by atoms with Crippen LogP contribution >= 0.6 is 0 Å². The molecule has 0 radical (unpaired) electrons. The summed E-state index contributed by atoms with van der Waals surface area (Å²) < 4.78 is 15.0. The fraction of sp³-hybridized carbons (Fsp3) is 0.352. The van der Waals surface area contributed by atoms with E-state index in [4.69, 9.17) is 19.4 Å². The lowest BCUT2D eigenvalue weighted by molar-refractivity contribution is -0.0314. The van der Waals surface area contributed by atoms with Gasteiger partial charge in [0.15, 0.2) is 5.60 Å². The molecule has 2 aliphatic heterocycles. The number of nitrogens with zero attached hydrogens (tertiary/aromatic N) is 6. The van der Waals surface area contributed by atoms with Gasteiger partial charge in [0.1, 0.15) is 12.1 Å². The normalized spacial score (nSPS) is 19.8. The summed E-state index contributed by atoms with van der Waals surface area (Å²) in [5.74, 6) is 0.474. The van der Waals surface area contributed by atoms with Gasteiger partial charge in [-0.3, -0.25) is 9.69 Å². The molecule has 2 saturated heterocycles. The Labute approximate surface area is 394 Å². The summed E-state index contributed by atoms with van der Waals surface area (Å²) in [6.45, 7) is 6.90. The second-order valence-electron chi connectivity index (χ2n) is 19.1. The van der Waals surface area contributed by atoms with Crippen LogP contribution in [0.15, 0.2) is 120 Å². The first-order valence-corrected chi connectivity index (χ1v) is 23.9. The summed E-state index contributed by atoms with van der Waals surface area (Å²) in [4.78, 5) is 59.6. The Morgan fingerprint density at radius 1 is 0.824 bits per heavy atom. The van der Waals surface area contributed by atoms with Crippen molar-refractivity contribution in [3.8, 4) is 22.3 Å². The largest absolute Gasteiger partial charge is 0.465 e. The summed E-state index contributed by atoms with van der Waals surface area (Å²) in [7, 11) is 1.76. The smallest absolute Gasteiger partial charge is 0.407 e. The second kappa shape index (κ2) is 17.6. The predicted molar refractivity (Wildman–Crippen MR) is 262 cm³/mol. The number of H-pyrrole nitrogens is 1. The first-order valence-electron chi connectivity index (χ1n) is 23.9. The van der Waals surface area contributed by atoms with Crippen molar-refractivity contribution in [3.05, 3.63) is 148 Å². The van der Waals surface area contributed by atoms with Crippen molar-refractivity contribution in [2.24, 2.45) is 7.05 Å². The van der Waals surface area contributed by atoms with Gasteiger partial charge in [0, 0.05) is 86.0 Å². The molecule has 7 aromatic rings. The number of carboxylic acid groups (broad SMARTS) is 1. The van der Waals surface area contributed by atoms with Crippen LogP contribution < -0.4 is 15.8 Å². The maximum atomic E-state index is 14.2. The van der Waals surface area contributed by atoms with Gasteiger partial charge < -0.3 is 39.2 Å². The van der Waals surface area contributed by atoms with Crippen molar-refractivity contribution in [3.63, 3.8) is 0 Å². The van der Waals surface area contributed by atoms with E-state index in [0.717, 1.165) is 80.9 Å². The van der Waals surface area contributed by atoms with Gasteiger partial charge in [-0.25, -0.2) is 19.6 Å². The SMILES string of the molecule is C[C@@H]1CN(C2CCN(c3nc([C@@](CNC(=O)OCC4c5ccccc5-c5ccccc54)(OC4CC4)c4ccccc4)c4cc(-c5cn(C)c(=O)c6[nH]ccc56)ccc4n3)CC2)[C@@H](C)CN1C(=O)O. The zero-order valence-electron chi connectivity index (χ0n) is 38.6. The van der Waals surface area contributed by atoms with E-state index in [0.29, 0.717) is 43.3 Å². The topological polar surface area (TPSA) is 158 Å². The third-order valence-corrected chi connectivity index (χ3v) is 14.7. The highest BCUT2D eigenvalue weighted by atomic mass is 16.6. The highest BCUT2D eigenvalue weighted by Crippen LogP contribution is 2.46. The summed E-state index contributed by atoms with van der Waals surface area (Å²) in [5, 5.41) is 14.6. The van der Waals surface area contributed by atoms with Crippen LogP contribution in [0.2, 0.25) is 0 Å². The quantitative estimate of drug-likeness (QED) is 0.115. The van der Waals surface area contributed by atoms with E-state index < -0.39 is 17.8 Å². The highest BCUT2D eigenvalue weighted by molar-refractivity contribution is 5.97. The number of aromatic amines is 1. The summed E-state index contributed by atoms with van der Waals surface area (Å²) in [6.07, 6.45) is 5.64. The Hall–Kier alpha value is -7.03. The fourth-order valence-corrected chi connectivity index (χ4v) is 11.1. The van der Waals surface area contributed by atoms with E-state index in [1.54, 1.807) is 22.7 Å². The Kier molecular flexibility index (Phi) is 11.2. The zero-order chi connectivity index (χ0) is 46.7. The maximum Gasteiger partial charge on any atom is 0.407 e. The van der Waals surface area contributed by atoms with Gasteiger partial charge in [0.05, 0.1) is 23.9 Å². The minimum absolute atomic E-state index is 0.0301. The molecule has 2 amide bonds. The number of piperidine rings is 1. The number of aryl methyl sites for hydroxylation is 1. The molecule has 68 heavy (non-hydrogen) atoms. The number of carbonyl (C=O) groups is 2. The summed E-state index contributed by atoms with van der Waals surface area (Å²) in [5.41, 5.74) is 7.66. The van der Waals surface area contributed by atoms with E-state index in [9.17, 15) is 19.5 Å². The minimum Gasteiger partial charge on any atom is -0.465 e. The molecule has 4 aliphatic rings. The molecule has 4 aromatic carbocycles. The van der Waals surface area contributed by atoms with Crippen LogP contribution in [0.1, 0.15) is 67.8 Å². The van der Waals surface area contributed by atoms with Gasteiger partial charge in [-0.05, 0) is 91.1 Å².